The number of hydrogen-bond acceptors (Lipinski definition) is 5. The molecule has 0 aromatic carbocycles. The number of carbonyl (C=O) groups excluding carboxylic acids is 2. The molecule has 1 saturated heterocycles. The SMILES string of the molecule is CCCN1C(=O)C2NC(c3ccc(CC)nc3)=NC2N(CCC)C1=O. The third kappa shape index (κ3) is 3.10. The van der Waals surface area contributed by atoms with Crippen LogP contribution in [0.4, 0.5) is 4.79 Å². The van der Waals surface area contributed by atoms with Crippen molar-refractivity contribution in [2.45, 2.75) is 52.2 Å². The molecule has 134 valence electrons. The van der Waals surface area contributed by atoms with Gasteiger partial charge in [-0.15, -0.1) is 0 Å². The first-order valence-corrected chi connectivity index (χ1v) is 9.02. The quantitative estimate of drug-likeness (QED) is 0.854. The molecule has 2 aliphatic heterocycles. The Balaban J connectivity index is 1.90. The Hall–Kier alpha value is -2.44. The molecule has 3 rings (SSSR count). The third-order valence-corrected chi connectivity index (χ3v) is 4.55. The van der Waals surface area contributed by atoms with Gasteiger partial charge in [0.05, 0.1) is 0 Å². The molecule has 1 aromatic heterocycles. The number of aliphatic imine (C=N–C) groups is 1. The first-order chi connectivity index (χ1) is 12.1. The van der Waals surface area contributed by atoms with Crippen LogP contribution in [0.5, 0.6) is 0 Å². The maximum absolute atomic E-state index is 12.8. The minimum absolute atomic E-state index is 0.193. The molecule has 1 aromatic rings. The van der Waals surface area contributed by atoms with Crippen molar-refractivity contribution in [3.8, 4) is 0 Å². The predicted octanol–water partition coefficient (Wildman–Crippen LogP) is 1.77. The van der Waals surface area contributed by atoms with Crippen molar-refractivity contribution in [1.82, 2.24) is 20.1 Å². The van der Waals surface area contributed by atoms with Gasteiger partial charge < -0.3 is 5.32 Å². The lowest BCUT2D eigenvalue weighted by atomic mass is 10.1. The molecule has 0 radical (unpaired) electrons. The van der Waals surface area contributed by atoms with E-state index >= 15 is 0 Å². The molecule has 3 amide bonds. The Labute approximate surface area is 148 Å². The van der Waals surface area contributed by atoms with Gasteiger partial charge in [0, 0.05) is 30.5 Å². The van der Waals surface area contributed by atoms with E-state index in [1.165, 1.54) is 4.90 Å². The maximum Gasteiger partial charge on any atom is 0.328 e. The molecule has 1 N–H and O–H groups in total. The molecule has 25 heavy (non-hydrogen) atoms. The molecule has 0 saturated carbocycles. The fourth-order valence-corrected chi connectivity index (χ4v) is 3.26. The molecule has 0 spiro atoms. The molecular formula is C18H25N5O2. The minimum Gasteiger partial charge on any atom is -0.355 e. The summed E-state index contributed by atoms with van der Waals surface area (Å²) >= 11 is 0. The van der Waals surface area contributed by atoms with E-state index in [0.29, 0.717) is 18.9 Å². The van der Waals surface area contributed by atoms with Gasteiger partial charge in [-0.25, -0.2) is 9.79 Å². The monoisotopic (exact) mass is 343 g/mol. The highest BCUT2D eigenvalue weighted by Gasteiger charge is 2.49. The highest BCUT2D eigenvalue weighted by molar-refractivity contribution is 6.08. The van der Waals surface area contributed by atoms with Crippen LogP contribution in [-0.4, -0.2) is 57.9 Å². The van der Waals surface area contributed by atoms with Crippen molar-refractivity contribution in [2.24, 2.45) is 4.99 Å². The van der Waals surface area contributed by atoms with Crippen LogP contribution >= 0.6 is 0 Å². The van der Waals surface area contributed by atoms with Crippen molar-refractivity contribution in [2.75, 3.05) is 13.1 Å². The van der Waals surface area contributed by atoms with Crippen LogP contribution in [0.25, 0.3) is 0 Å². The van der Waals surface area contributed by atoms with Gasteiger partial charge in [0.25, 0.3) is 5.91 Å². The summed E-state index contributed by atoms with van der Waals surface area (Å²) in [6.07, 6.45) is 3.72. The van der Waals surface area contributed by atoms with Crippen LogP contribution < -0.4 is 5.32 Å². The van der Waals surface area contributed by atoms with E-state index in [2.05, 4.69) is 22.2 Å². The zero-order valence-corrected chi connectivity index (χ0v) is 15.0. The van der Waals surface area contributed by atoms with Gasteiger partial charge in [-0.2, -0.15) is 0 Å². The summed E-state index contributed by atoms with van der Waals surface area (Å²) in [5, 5.41) is 3.22. The number of imide groups is 1. The van der Waals surface area contributed by atoms with E-state index < -0.39 is 12.2 Å². The lowest BCUT2D eigenvalue weighted by molar-refractivity contribution is -0.134. The minimum atomic E-state index is -0.517. The second kappa shape index (κ2) is 7.21. The van der Waals surface area contributed by atoms with Crippen LogP contribution in [0, 0.1) is 0 Å². The lowest BCUT2D eigenvalue weighted by Crippen LogP contribution is -2.65. The molecule has 2 aliphatic rings. The molecule has 1 fully saturated rings. The van der Waals surface area contributed by atoms with E-state index in [0.717, 1.165) is 30.5 Å². The molecular weight excluding hydrogens is 318 g/mol. The molecule has 0 aliphatic carbocycles. The number of aromatic nitrogens is 1. The summed E-state index contributed by atoms with van der Waals surface area (Å²) < 4.78 is 0. The van der Waals surface area contributed by atoms with Crippen molar-refractivity contribution < 1.29 is 9.59 Å². The average molecular weight is 343 g/mol. The molecule has 7 heteroatoms. The Kier molecular flexibility index (Phi) is 5.01. The van der Waals surface area contributed by atoms with E-state index in [-0.39, 0.29) is 11.9 Å². The number of urea groups is 1. The summed E-state index contributed by atoms with van der Waals surface area (Å²) in [4.78, 5) is 37.6. The van der Waals surface area contributed by atoms with Gasteiger partial charge in [0.15, 0.2) is 6.17 Å². The maximum atomic E-state index is 12.8. The number of amidine groups is 1. The van der Waals surface area contributed by atoms with Crippen molar-refractivity contribution in [3.05, 3.63) is 29.6 Å². The van der Waals surface area contributed by atoms with Gasteiger partial charge in [0.1, 0.15) is 11.9 Å². The van der Waals surface area contributed by atoms with Crippen LogP contribution in [-0.2, 0) is 11.2 Å². The summed E-state index contributed by atoms with van der Waals surface area (Å²) in [6, 6.07) is 3.16. The summed E-state index contributed by atoms with van der Waals surface area (Å²) in [6.45, 7) is 7.05. The van der Waals surface area contributed by atoms with Gasteiger partial charge >= 0.3 is 6.03 Å². The van der Waals surface area contributed by atoms with Crippen LogP contribution in [0.15, 0.2) is 23.3 Å². The highest BCUT2D eigenvalue weighted by atomic mass is 16.2. The van der Waals surface area contributed by atoms with Gasteiger partial charge in [0.2, 0.25) is 0 Å². The Morgan fingerprint density at radius 3 is 2.48 bits per heavy atom. The third-order valence-electron chi connectivity index (χ3n) is 4.55. The normalized spacial score (nSPS) is 22.8. The molecule has 0 bridgehead atoms. The second-order valence-corrected chi connectivity index (χ2v) is 6.37. The number of rotatable bonds is 6. The fourth-order valence-electron chi connectivity index (χ4n) is 3.26. The number of nitrogens with zero attached hydrogens (tertiary/aromatic N) is 4. The van der Waals surface area contributed by atoms with E-state index in [4.69, 9.17) is 0 Å². The van der Waals surface area contributed by atoms with Crippen molar-refractivity contribution >= 4 is 17.8 Å². The molecule has 3 heterocycles. The fraction of sp³-hybridized carbons (Fsp3) is 0.556. The topological polar surface area (TPSA) is 77.9 Å². The second-order valence-electron chi connectivity index (χ2n) is 6.37. The first-order valence-electron chi connectivity index (χ1n) is 9.02. The highest BCUT2D eigenvalue weighted by Crippen LogP contribution is 2.24. The summed E-state index contributed by atoms with van der Waals surface area (Å²) in [7, 11) is 0. The van der Waals surface area contributed by atoms with Gasteiger partial charge in [-0.3, -0.25) is 19.6 Å². The largest absolute Gasteiger partial charge is 0.355 e. The van der Waals surface area contributed by atoms with Crippen molar-refractivity contribution in [3.63, 3.8) is 0 Å². The van der Waals surface area contributed by atoms with Gasteiger partial charge in [-0.1, -0.05) is 20.8 Å². The molecule has 2 unspecified atom stereocenters. The summed E-state index contributed by atoms with van der Waals surface area (Å²) in [5.74, 6) is 0.437. The Morgan fingerprint density at radius 1 is 1.12 bits per heavy atom. The number of aryl methyl sites for hydroxylation is 1. The number of nitrogens with one attached hydrogen (secondary N) is 1. The predicted molar refractivity (Wildman–Crippen MR) is 95.3 cm³/mol. The lowest BCUT2D eigenvalue weighted by Gasteiger charge is -2.40. The molecule has 7 nitrogen and oxygen atoms in total. The van der Waals surface area contributed by atoms with Gasteiger partial charge in [-0.05, 0) is 31.4 Å². The molecule has 2 atom stereocenters. The van der Waals surface area contributed by atoms with Crippen molar-refractivity contribution in [1.29, 1.82) is 0 Å². The van der Waals surface area contributed by atoms with Crippen LogP contribution in [0.1, 0.15) is 44.9 Å². The summed E-state index contributed by atoms with van der Waals surface area (Å²) in [5.41, 5.74) is 1.85. The zero-order valence-electron chi connectivity index (χ0n) is 15.0. The number of hydrogen-bond donors (Lipinski definition) is 1. The van der Waals surface area contributed by atoms with Crippen LogP contribution in [0.2, 0.25) is 0 Å². The number of fused-ring (bicyclic) bond motifs is 1. The number of carbonyl (C=O) groups is 2. The smallest absolute Gasteiger partial charge is 0.328 e. The first kappa shape index (κ1) is 17.4. The average Bonchev–Trinajstić information content (AvgIpc) is 3.08. The Bertz CT molecular complexity index is 685. The van der Waals surface area contributed by atoms with Crippen LogP contribution in [0.3, 0.4) is 0 Å². The zero-order chi connectivity index (χ0) is 18.0. The van der Waals surface area contributed by atoms with E-state index in [1.54, 1.807) is 11.1 Å². The standard InChI is InChI=1S/C18H25N5O2/c1-4-9-22-16-14(17(24)23(10-5-2)18(22)25)20-15(21-16)12-7-8-13(6-3)19-11-12/h7-8,11,14,16H,4-6,9-10H2,1-3H3,(H,20,21). The van der Waals surface area contributed by atoms with E-state index in [1.807, 2.05) is 26.0 Å². The van der Waals surface area contributed by atoms with E-state index in [9.17, 15) is 9.59 Å². The Morgan fingerprint density at radius 2 is 1.88 bits per heavy atom. The number of amides is 3. The number of pyridine rings is 1.